The largest absolute Gasteiger partial charge is 0.472 e. The number of carbonyl (C=O) groups excluding carboxylic acids is 2. The van der Waals surface area contributed by atoms with Crippen molar-refractivity contribution in [3.63, 3.8) is 0 Å². The van der Waals surface area contributed by atoms with Crippen molar-refractivity contribution in [1.82, 2.24) is 0 Å². The minimum absolute atomic E-state index is 0.00438. The van der Waals surface area contributed by atoms with Gasteiger partial charge in [0.1, 0.15) is 6.61 Å². The summed E-state index contributed by atoms with van der Waals surface area (Å²) in [5.41, 5.74) is 5.33. The van der Waals surface area contributed by atoms with Crippen LogP contribution in [0.5, 0.6) is 0 Å². The van der Waals surface area contributed by atoms with Gasteiger partial charge in [-0.1, -0.05) is 119 Å². The zero-order valence-corrected chi connectivity index (χ0v) is 34.8. The Hall–Kier alpha value is -2.67. The van der Waals surface area contributed by atoms with Gasteiger partial charge in [-0.05, 0) is 63.7 Å². The summed E-state index contributed by atoms with van der Waals surface area (Å²) in [6.45, 7) is 3.07. The number of aliphatic hydroxyl groups is 3. The first-order chi connectivity index (χ1) is 27.0. The molecule has 0 spiro atoms. The molecule has 0 amide bonds. The SMILES string of the molecule is CC/C=C\C/C=C\C/C=C\C/C=C\CCCCCCC(=O)OC[C@H](COP(=O)(O)OCCN)OC(=O)C/C=C\C[C@H]1[C@@H](/C=C/[C@H](O)CCCCC)[C@H](O)C[C@@H]1O. The number of phosphoric ester groups is 1. The molecular weight excluding hydrogens is 737 g/mol. The quantitative estimate of drug-likeness (QED) is 0.0187. The predicted molar refractivity (Wildman–Crippen MR) is 221 cm³/mol. The molecule has 0 heterocycles. The summed E-state index contributed by atoms with van der Waals surface area (Å²) in [4.78, 5) is 35.1. The molecule has 1 rings (SSSR count). The lowest BCUT2D eigenvalue weighted by atomic mass is 9.89. The highest BCUT2D eigenvalue weighted by molar-refractivity contribution is 7.47. The number of rotatable bonds is 33. The van der Waals surface area contributed by atoms with Crippen LogP contribution in [0.4, 0.5) is 0 Å². The van der Waals surface area contributed by atoms with Gasteiger partial charge >= 0.3 is 19.8 Å². The lowest BCUT2D eigenvalue weighted by molar-refractivity contribution is -0.160. The molecule has 1 saturated carbocycles. The first-order valence-electron chi connectivity index (χ1n) is 20.7. The zero-order valence-electron chi connectivity index (χ0n) is 33.9. The van der Waals surface area contributed by atoms with E-state index in [1.54, 1.807) is 24.3 Å². The molecule has 13 heteroatoms. The van der Waals surface area contributed by atoms with Crippen molar-refractivity contribution in [2.24, 2.45) is 17.6 Å². The molecule has 1 aliphatic carbocycles. The summed E-state index contributed by atoms with van der Waals surface area (Å²) in [5, 5.41) is 31.3. The van der Waals surface area contributed by atoms with Crippen molar-refractivity contribution in [3.05, 3.63) is 72.9 Å². The molecule has 56 heavy (non-hydrogen) atoms. The fraction of sp³-hybridized carbons (Fsp3) is 0.674. The Morgan fingerprint density at radius 3 is 2.16 bits per heavy atom. The molecule has 7 atom stereocenters. The number of allylic oxidation sites excluding steroid dienone is 9. The summed E-state index contributed by atoms with van der Waals surface area (Å²) in [6, 6.07) is 0. The molecule has 320 valence electrons. The number of hydrogen-bond donors (Lipinski definition) is 5. The summed E-state index contributed by atoms with van der Waals surface area (Å²) in [6.07, 6.45) is 33.5. The number of unbranched alkanes of at least 4 members (excludes halogenated alkanes) is 6. The number of aliphatic hydroxyl groups excluding tert-OH is 3. The van der Waals surface area contributed by atoms with Crippen LogP contribution >= 0.6 is 7.82 Å². The Labute approximate surface area is 336 Å². The number of hydrogen-bond acceptors (Lipinski definition) is 11. The van der Waals surface area contributed by atoms with Gasteiger partial charge in [-0.3, -0.25) is 18.6 Å². The molecule has 0 aromatic heterocycles. The molecule has 1 fully saturated rings. The van der Waals surface area contributed by atoms with Crippen LogP contribution in [0, 0.1) is 11.8 Å². The fourth-order valence-electron chi connectivity index (χ4n) is 6.07. The van der Waals surface area contributed by atoms with E-state index in [0.717, 1.165) is 70.6 Å². The van der Waals surface area contributed by atoms with Crippen molar-refractivity contribution in [2.45, 2.75) is 147 Å². The molecule has 6 N–H and O–H groups in total. The van der Waals surface area contributed by atoms with E-state index in [2.05, 4.69) is 62.5 Å². The highest BCUT2D eigenvalue weighted by Gasteiger charge is 2.39. The van der Waals surface area contributed by atoms with Gasteiger partial charge in [-0.15, -0.1) is 0 Å². The monoisotopic (exact) mass is 809 g/mol. The average molecular weight is 810 g/mol. The summed E-state index contributed by atoms with van der Waals surface area (Å²) >= 11 is 0. The van der Waals surface area contributed by atoms with Crippen LogP contribution in [0.3, 0.4) is 0 Å². The van der Waals surface area contributed by atoms with E-state index in [-0.39, 0.29) is 50.9 Å². The topological polar surface area (TPSA) is 195 Å². The summed E-state index contributed by atoms with van der Waals surface area (Å²) in [5.74, 6) is -1.81. The van der Waals surface area contributed by atoms with Crippen molar-refractivity contribution >= 4 is 19.8 Å². The molecule has 0 aromatic carbocycles. The molecule has 12 nitrogen and oxygen atoms in total. The number of esters is 2. The van der Waals surface area contributed by atoms with E-state index in [0.29, 0.717) is 19.3 Å². The number of ether oxygens (including phenoxy) is 2. The molecular formula is C43H72NO11P. The summed E-state index contributed by atoms with van der Waals surface area (Å²) in [7, 11) is -4.48. The third-order valence-electron chi connectivity index (χ3n) is 9.18. The van der Waals surface area contributed by atoms with Crippen LogP contribution in [0.2, 0.25) is 0 Å². The van der Waals surface area contributed by atoms with Crippen LogP contribution in [-0.4, -0.2) is 82.9 Å². The van der Waals surface area contributed by atoms with Crippen molar-refractivity contribution in [3.8, 4) is 0 Å². The second kappa shape index (κ2) is 33.3. The lowest BCUT2D eigenvalue weighted by Crippen LogP contribution is -2.29. The van der Waals surface area contributed by atoms with Gasteiger partial charge in [0.2, 0.25) is 0 Å². The number of phosphoric acid groups is 1. The van der Waals surface area contributed by atoms with E-state index < -0.39 is 50.8 Å². The lowest BCUT2D eigenvalue weighted by Gasteiger charge is -2.20. The Kier molecular flexibility index (Phi) is 30.5. The van der Waals surface area contributed by atoms with E-state index in [9.17, 15) is 34.4 Å². The van der Waals surface area contributed by atoms with Crippen LogP contribution < -0.4 is 5.73 Å². The first kappa shape index (κ1) is 51.3. The molecule has 0 radical (unpaired) electrons. The van der Waals surface area contributed by atoms with Crippen LogP contribution in [0.25, 0.3) is 0 Å². The average Bonchev–Trinajstić information content (AvgIpc) is 3.44. The first-order valence-corrected chi connectivity index (χ1v) is 22.2. The van der Waals surface area contributed by atoms with E-state index in [1.807, 2.05) is 0 Å². The van der Waals surface area contributed by atoms with E-state index in [4.69, 9.17) is 24.3 Å². The number of carbonyl (C=O) groups is 2. The highest BCUT2D eigenvalue weighted by Crippen LogP contribution is 2.43. The highest BCUT2D eigenvalue weighted by atomic mass is 31.2. The van der Waals surface area contributed by atoms with Crippen molar-refractivity contribution < 1.29 is 52.9 Å². The van der Waals surface area contributed by atoms with Crippen LogP contribution in [0.1, 0.15) is 123 Å². The molecule has 0 bridgehead atoms. The molecule has 0 saturated heterocycles. The Morgan fingerprint density at radius 1 is 0.804 bits per heavy atom. The van der Waals surface area contributed by atoms with Crippen LogP contribution in [0.15, 0.2) is 72.9 Å². The smallest absolute Gasteiger partial charge is 0.462 e. The molecule has 1 aliphatic rings. The van der Waals surface area contributed by atoms with Crippen molar-refractivity contribution in [1.29, 1.82) is 0 Å². The maximum atomic E-state index is 12.7. The van der Waals surface area contributed by atoms with Gasteiger partial charge in [0.25, 0.3) is 0 Å². The minimum atomic E-state index is -4.48. The second-order valence-electron chi connectivity index (χ2n) is 14.1. The molecule has 0 aliphatic heterocycles. The maximum absolute atomic E-state index is 12.7. The Bertz CT molecular complexity index is 1260. The van der Waals surface area contributed by atoms with Gasteiger partial charge < -0.3 is 35.4 Å². The zero-order chi connectivity index (χ0) is 41.3. The molecule has 1 unspecified atom stereocenters. The van der Waals surface area contributed by atoms with Gasteiger partial charge in [0, 0.05) is 25.3 Å². The number of nitrogens with two attached hydrogens (primary N) is 1. The van der Waals surface area contributed by atoms with Gasteiger partial charge in [0.15, 0.2) is 6.10 Å². The normalized spacial score (nSPS) is 21.3. The van der Waals surface area contributed by atoms with Gasteiger partial charge in [-0.2, -0.15) is 0 Å². The minimum Gasteiger partial charge on any atom is -0.462 e. The fourth-order valence-corrected chi connectivity index (χ4v) is 6.83. The van der Waals surface area contributed by atoms with Crippen molar-refractivity contribution in [2.75, 3.05) is 26.4 Å². The maximum Gasteiger partial charge on any atom is 0.472 e. The van der Waals surface area contributed by atoms with E-state index in [1.165, 1.54) is 0 Å². The Morgan fingerprint density at radius 2 is 1.48 bits per heavy atom. The van der Waals surface area contributed by atoms with Gasteiger partial charge in [0.05, 0.1) is 37.9 Å². The van der Waals surface area contributed by atoms with Crippen LogP contribution in [-0.2, 0) is 32.7 Å². The third kappa shape index (κ3) is 27.1. The predicted octanol–water partition coefficient (Wildman–Crippen LogP) is 7.87. The third-order valence-corrected chi connectivity index (χ3v) is 10.2. The second-order valence-corrected chi connectivity index (χ2v) is 15.6. The standard InChI is InChI=1S/C43H72NO11P/c1-3-5-7-8-9-10-11-12-13-14-15-16-17-18-19-20-22-27-42(48)52-34-37(35-54-56(50,51)53-32-31-44)55-43(49)28-24-23-26-38-39(41(47)33-40(38)46)30-29-36(45)25-21-6-4-2/h5,7,9-10,12-13,15-16,23-24,29-30,36-41,45-47H,3-4,6,8,11,14,17-22,25-28,31-35,44H2,1-2H3,(H,50,51)/b7-5-,10-9-,13-12-,16-15-,24-23-,30-29+/t36-,37-,38+,39-,40+,41-/m1/s1. The van der Waals surface area contributed by atoms with E-state index >= 15 is 0 Å². The Balaban J connectivity index is 2.50. The molecule has 0 aromatic rings. The van der Waals surface area contributed by atoms with Gasteiger partial charge in [-0.25, -0.2) is 4.57 Å². The summed E-state index contributed by atoms with van der Waals surface area (Å²) < 4.78 is 32.6.